The Morgan fingerprint density at radius 1 is 1.15 bits per heavy atom. The summed E-state index contributed by atoms with van der Waals surface area (Å²) in [4.78, 5) is 34.2. The van der Waals surface area contributed by atoms with Crippen LogP contribution in [0.15, 0.2) is 53.9 Å². The van der Waals surface area contributed by atoms with E-state index in [2.05, 4.69) is 25.3 Å². The Morgan fingerprint density at radius 2 is 1.93 bits per heavy atom. The number of aromatic nitrogens is 2. The van der Waals surface area contributed by atoms with Gasteiger partial charge in [0.05, 0.1) is 19.2 Å². The van der Waals surface area contributed by atoms with E-state index in [-0.39, 0.29) is 18.9 Å². The highest BCUT2D eigenvalue weighted by Crippen LogP contribution is 2.27. The minimum atomic E-state index is -3.80. The van der Waals surface area contributed by atoms with Crippen LogP contribution >= 0.6 is 11.3 Å². The molecule has 0 fully saturated rings. The Bertz CT molecular complexity index is 1580. The normalized spacial score (nSPS) is 12.3. The number of H-pyrrole nitrogens is 1. The van der Waals surface area contributed by atoms with E-state index < -0.39 is 22.2 Å². The van der Waals surface area contributed by atoms with Gasteiger partial charge >= 0.3 is 0 Å². The lowest BCUT2D eigenvalue weighted by Crippen LogP contribution is -2.44. The second-order valence-corrected chi connectivity index (χ2v) is 11.5. The number of ether oxygens (including phenoxy) is 1. The number of hydrogen-bond acceptors (Lipinski definition) is 7. The van der Waals surface area contributed by atoms with Gasteiger partial charge in [0, 0.05) is 34.1 Å². The number of aryl methyl sites for hydroxylation is 1. The fraction of sp³-hybridized carbons (Fsp3) is 0.296. The molecule has 0 bridgehead atoms. The van der Waals surface area contributed by atoms with Crippen LogP contribution in [0.5, 0.6) is 5.75 Å². The summed E-state index contributed by atoms with van der Waals surface area (Å²) in [6, 6.07) is 14.4. The Kier molecular flexibility index (Phi) is 9.53. The van der Waals surface area contributed by atoms with Gasteiger partial charge in [-0.05, 0) is 49.9 Å². The van der Waals surface area contributed by atoms with E-state index in [1.165, 1.54) is 11.3 Å². The number of thiazole rings is 1. The van der Waals surface area contributed by atoms with Gasteiger partial charge in [-0.2, -0.15) is 8.42 Å². The van der Waals surface area contributed by atoms with E-state index in [9.17, 15) is 18.0 Å². The largest absolute Gasteiger partial charge is 0.497 e. The lowest BCUT2D eigenvalue weighted by Gasteiger charge is -2.18. The maximum atomic E-state index is 13.3. The van der Waals surface area contributed by atoms with E-state index in [1.807, 2.05) is 60.8 Å². The second kappa shape index (κ2) is 13.0. The summed E-state index contributed by atoms with van der Waals surface area (Å²) >= 11 is 1.29. The van der Waals surface area contributed by atoms with Crippen LogP contribution in [0.2, 0.25) is 0 Å². The lowest BCUT2D eigenvalue weighted by molar-refractivity contribution is -0.126. The minimum absolute atomic E-state index is 0.0607. The maximum absolute atomic E-state index is 13.3. The van der Waals surface area contributed by atoms with E-state index >= 15 is 0 Å². The van der Waals surface area contributed by atoms with E-state index in [0.717, 1.165) is 33.4 Å². The molecule has 2 aromatic carbocycles. The molecule has 0 aliphatic rings. The molecule has 0 radical (unpaired) electrons. The van der Waals surface area contributed by atoms with Gasteiger partial charge in [-0.25, -0.2) is 14.8 Å². The summed E-state index contributed by atoms with van der Waals surface area (Å²) in [5.74, 6) is -0.0467. The highest BCUT2D eigenvalue weighted by molar-refractivity contribution is 7.87. The summed E-state index contributed by atoms with van der Waals surface area (Å²) in [7, 11) is -2.21. The summed E-state index contributed by atoms with van der Waals surface area (Å²) in [6.45, 7) is 2.02. The highest BCUT2D eigenvalue weighted by Gasteiger charge is 2.23. The zero-order valence-electron chi connectivity index (χ0n) is 22.2. The molecule has 1 atom stereocenters. The molecule has 11 nitrogen and oxygen atoms in total. The van der Waals surface area contributed by atoms with Crippen LogP contribution in [0.4, 0.5) is 5.13 Å². The summed E-state index contributed by atoms with van der Waals surface area (Å²) < 4.78 is 29.8. The number of anilines is 1. The first-order valence-electron chi connectivity index (χ1n) is 12.7. The number of carbonyl (C=O) groups excluding carboxylic acids is 2. The van der Waals surface area contributed by atoms with E-state index in [1.54, 1.807) is 7.11 Å². The maximum Gasteiger partial charge on any atom is 0.274 e. The van der Waals surface area contributed by atoms with Crippen molar-refractivity contribution in [2.45, 2.75) is 38.6 Å². The third-order valence-corrected chi connectivity index (χ3v) is 7.71. The standard InChI is InChI=1S/C27H32N6O5S2/c1-17-20(21-14-19(38-2)11-12-22(21)30-17)15-25(34)31-23(10-6-7-13-29-40(28,36)37)26(35)33-27-32-24(16-39-27)18-8-4-3-5-9-18/h3-5,8-9,11-12,14,16,23,29-30H,6-7,10,13,15H2,1-2H3,(H,31,34)(H2,28,36,37)(H,32,33,35)/t23-/m0/s1. The van der Waals surface area contributed by atoms with Crippen molar-refractivity contribution < 1.29 is 22.7 Å². The fourth-order valence-corrected chi connectivity index (χ4v) is 5.50. The number of unbranched alkanes of at least 4 members (excludes halogenated alkanes) is 1. The average Bonchev–Trinajstić information content (AvgIpc) is 3.51. The first kappa shape index (κ1) is 29.2. The number of aromatic amines is 1. The highest BCUT2D eigenvalue weighted by atomic mass is 32.2. The van der Waals surface area contributed by atoms with Crippen molar-refractivity contribution in [3.05, 3.63) is 65.2 Å². The molecule has 212 valence electrons. The van der Waals surface area contributed by atoms with Crippen molar-refractivity contribution in [2.24, 2.45) is 5.14 Å². The summed E-state index contributed by atoms with van der Waals surface area (Å²) in [5, 5.41) is 13.8. The molecule has 0 aliphatic carbocycles. The molecule has 40 heavy (non-hydrogen) atoms. The number of nitrogens with one attached hydrogen (secondary N) is 4. The Morgan fingerprint density at radius 3 is 2.65 bits per heavy atom. The molecule has 0 spiro atoms. The van der Waals surface area contributed by atoms with Gasteiger partial charge in [-0.15, -0.1) is 11.3 Å². The van der Waals surface area contributed by atoms with Crippen molar-refractivity contribution in [1.29, 1.82) is 0 Å². The van der Waals surface area contributed by atoms with Crippen LogP contribution in [-0.2, 0) is 26.2 Å². The predicted molar refractivity (Wildman–Crippen MR) is 156 cm³/mol. The first-order chi connectivity index (χ1) is 19.1. The summed E-state index contributed by atoms with van der Waals surface area (Å²) in [5.41, 5.74) is 4.22. The number of carbonyl (C=O) groups is 2. The van der Waals surface area contributed by atoms with E-state index in [0.29, 0.717) is 30.1 Å². The van der Waals surface area contributed by atoms with Crippen LogP contribution in [-0.4, -0.2) is 49.9 Å². The number of benzene rings is 2. The monoisotopic (exact) mass is 584 g/mol. The van der Waals surface area contributed by atoms with Crippen LogP contribution in [0.1, 0.15) is 30.5 Å². The molecule has 6 N–H and O–H groups in total. The SMILES string of the molecule is COc1ccc2[nH]c(C)c(CC(=O)N[C@@H](CCCCNS(N)(=O)=O)C(=O)Nc3nc(-c4ccccc4)cs3)c2c1. The van der Waals surface area contributed by atoms with Gasteiger partial charge in [0.15, 0.2) is 5.13 Å². The van der Waals surface area contributed by atoms with Crippen LogP contribution < -0.4 is 25.2 Å². The first-order valence-corrected chi connectivity index (χ1v) is 15.1. The Balaban J connectivity index is 1.45. The van der Waals surface area contributed by atoms with Crippen LogP contribution in [0, 0.1) is 6.92 Å². The molecule has 4 rings (SSSR count). The quantitative estimate of drug-likeness (QED) is 0.151. The molecule has 4 aromatic rings. The number of methoxy groups -OCH3 is 1. The summed E-state index contributed by atoms with van der Waals surface area (Å²) in [6.07, 6.45) is 1.26. The van der Waals surface area contributed by atoms with Crippen molar-refractivity contribution >= 4 is 49.4 Å². The number of nitrogens with two attached hydrogens (primary N) is 1. The molecular weight excluding hydrogens is 552 g/mol. The number of nitrogens with zero attached hydrogens (tertiary/aromatic N) is 1. The minimum Gasteiger partial charge on any atom is -0.497 e. The zero-order valence-corrected chi connectivity index (χ0v) is 23.8. The zero-order chi connectivity index (χ0) is 28.7. The Labute approximate surface area is 236 Å². The van der Waals surface area contributed by atoms with E-state index in [4.69, 9.17) is 9.88 Å². The van der Waals surface area contributed by atoms with Crippen molar-refractivity contribution in [3.63, 3.8) is 0 Å². The third kappa shape index (κ3) is 7.88. The molecule has 0 unspecified atom stereocenters. The number of amides is 2. The van der Waals surface area contributed by atoms with Gasteiger partial charge < -0.3 is 20.4 Å². The number of fused-ring (bicyclic) bond motifs is 1. The fourth-order valence-electron chi connectivity index (χ4n) is 4.34. The smallest absolute Gasteiger partial charge is 0.274 e. The average molecular weight is 585 g/mol. The van der Waals surface area contributed by atoms with Crippen molar-refractivity contribution in [3.8, 4) is 17.0 Å². The van der Waals surface area contributed by atoms with Gasteiger partial charge in [-0.3, -0.25) is 9.59 Å². The van der Waals surface area contributed by atoms with Gasteiger partial charge in [0.2, 0.25) is 11.8 Å². The predicted octanol–water partition coefficient (Wildman–Crippen LogP) is 3.24. The molecule has 2 heterocycles. The number of hydrogen-bond donors (Lipinski definition) is 5. The number of rotatable bonds is 13. The second-order valence-electron chi connectivity index (χ2n) is 9.27. The van der Waals surface area contributed by atoms with Crippen molar-refractivity contribution in [2.75, 3.05) is 19.0 Å². The molecule has 2 aromatic heterocycles. The molecule has 0 saturated heterocycles. The lowest BCUT2D eigenvalue weighted by atomic mass is 10.1. The van der Waals surface area contributed by atoms with Gasteiger partial charge in [0.25, 0.3) is 10.2 Å². The van der Waals surface area contributed by atoms with Gasteiger partial charge in [-0.1, -0.05) is 30.3 Å². The molecule has 0 saturated carbocycles. The topological polar surface area (TPSA) is 168 Å². The Hall–Kier alpha value is -3.78. The van der Waals surface area contributed by atoms with Gasteiger partial charge in [0.1, 0.15) is 11.8 Å². The van der Waals surface area contributed by atoms with Crippen LogP contribution in [0.25, 0.3) is 22.2 Å². The van der Waals surface area contributed by atoms with Crippen molar-refractivity contribution in [1.82, 2.24) is 20.0 Å². The third-order valence-electron chi connectivity index (χ3n) is 6.34. The molecule has 2 amide bonds. The molecule has 0 aliphatic heterocycles. The van der Waals surface area contributed by atoms with Crippen LogP contribution in [0.3, 0.4) is 0 Å². The molecular formula is C27H32N6O5S2. The molecule has 13 heteroatoms.